The lowest BCUT2D eigenvalue weighted by atomic mass is 10.0. The van der Waals surface area contributed by atoms with Crippen LogP contribution in [-0.2, 0) is 16.1 Å². The highest BCUT2D eigenvalue weighted by molar-refractivity contribution is 6.02. The van der Waals surface area contributed by atoms with Gasteiger partial charge < -0.3 is 9.73 Å². The van der Waals surface area contributed by atoms with Gasteiger partial charge >= 0.3 is 0 Å². The standard InChI is InChI=1S/C28H33N5O3/c1-18(2)12-13-29-28(35)27(24-11-8-14-36-24)33(26-20(4)15-19(3)16-21(26)5)25(34)17-32-23-10-7-6-9-22(23)30-31-32/h6-11,14-16,18,27H,12-13,17H2,1-5H3,(H,29,35)/t27-/m1/s1. The molecule has 0 fully saturated rings. The van der Waals surface area contributed by atoms with Gasteiger partial charge in [0.15, 0.2) is 6.04 Å². The molecule has 4 rings (SSSR count). The first kappa shape index (κ1) is 25.2. The fraction of sp³-hybridized carbons (Fsp3) is 0.357. The molecule has 4 aromatic rings. The van der Waals surface area contributed by atoms with Crippen LogP contribution in [0.1, 0.15) is 48.8 Å². The molecule has 36 heavy (non-hydrogen) atoms. The Balaban J connectivity index is 1.79. The van der Waals surface area contributed by atoms with Crippen molar-refractivity contribution < 1.29 is 14.0 Å². The number of anilines is 1. The number of furan rings is 1. The van der Waals surface area contributed by atoms with Gasteiger partial charge in [0, 0.05) is 6.54 Å². The first-order valence-electron chi connectivity index (χ1n) is 12.3. The zero-order valence-electron chi connectivity index (χ0n) is 21.5. The molecule has 0 saturated carbocycles. The highest BCUT2D eigenvalue weighted by atomic mass is 16.3. The van der Waals surface area contributed by atoms with Gasteiger partial charge in [-0.1, -0.05) is 48.9 Å². The second kappa shape index (κ2) is 10.8. The number of carbonyl (C=O) groups is 2. The van der Waals surface area contributed by atoms with Crippen molar-refractivity contribution in [2.45, 2.75) is 53.6 Å². The summed E-state index contributed by atoms with van der Waals surface area (Å²) in [5.41, 5.74) is 5.02. The number of hydrogen-bond donors (Lipinski definition) is 1. The first-order valence-corrected chi connectivity index (χ1v) is 12.3. The lowest BCUT2D eigenvalue weighted by Crippen LogP contribution is -2.46. The van der Waals surface area contributed by atoms with Gasteiger partial charge in [-0.25, -0.2) is 4.68 Å². The van der Waals surface area contributed by atoms with Crippen molar-refractivity contribution in [3.63, 3.8) is 0 Å². The topological polar surface area (TPSA) is 93.3 Å². The van der Waals surface area contributed by atoms with Crippen molar-refractivity contribution in [1.82, 2.24) is 20.3 Å². The zero-order chi connectivity index (χ0) is 25.8. The average Bonchev–Trinajstić information content (AvgIpc) is 3.48. The quantitative estimate of drug-likeness (QED) is 0.363. The van der Waals surface area contributed by atoms with E-state index in [-0.39, 0.29) is 18.4 Å². The summed E-state index contributed by atoms with van der Waals surface area (Å²) in [6.45, 7) is 10.6. The first-order chi connectivity index (χ1) is 17.3. The van der Waals surface area contributed by atoms with Crippen molar-refractivity contribution in [3.05, 3.63) is 77.2 Å². The molecule has 0 aliphatic heterocycles. The van der Waals surface area contributed by atoms with Crippen LogP contribution >= 0.6 is 0 Å². The van der Waals surface area contributed by atoms with Crippen LogP contribution in [0.25, 0.3) is 11.0 Å². The molecule has 1 atom stereocenters. The Hall–Kier alpha value is -3.94. The van der Waals surface area contributed by atoms with Gasteiger partial charge in [0.1, 0.15) is 17.8 Å². The van der Waals surface area contributed by atoms with E-state index < -0.39 is 6.04 Å². The van der Waals surface area contributed by atoms with Gasteiger partial charge in [-0.15, -0.1) is 5.10 Å². The summed E-state index contributed by atoms with van der Waals surface area (Å²) >= 11 is 0. The fourth-order valence-electron chi connectivity index (χ4n) is 4.59. The Bertz CT molecular complexity index is 1330. The number of hydrogen-bond acceptors (Lipinski definition) is 5. The number of nitrogens with one attached hydrogen (secondary N) is 1. The molecule has 8 nitrogen and oxygen atoms in total. The van der Waals surface area contributed by atoms with E-state index in [9.17, 15) is 9.59 Å². The minimum atomic E-state index is -0.977. The van der Waals surface area contributed by atoms with Crippen molar-refractivity contribution in [2.75, 3.05) is 11.4 Å². The van der Waals surface area contributed by atoms with E-state index in [4.69, 9.17) is 4.42 Å². The molecule has 0 bridgehead atoms. The van der Waals surface area contributed by atoms with Gasteiger partial charge in [0.05, 0.1) is 17.5 Å². The SMILES string of the molecule is Cc1cc(C)c(N(C(=O)Cn2nnc3ccccc32)[C@@H](C(=O)NCCC(C)C)c2ccco2)c(C)c1. The summed E-state index contributed by atoms with van der Waals surface area (Å²) in [6, 6.07) is 14.0. The molecule has 8 heteroatoms. The third kappa shape index (κ3) is 5.32. The smallest absolute Gasteiger partial charge is 0.251 e. The predicted molar refractivity (Wildman–Crippen MR) is 140 cm³/mol. The number of para-hydroxylation sites is 1. The summed E-state index contributed by atoms with van der Waals surface area (Å²) < 4.78 is 7.29. The summed E-state index contributed by atoms with van der Waals surface area (Å²) in [5.74, 6) is 0.253. The van der Waals surface area contributed by atoms with Gasteiger partial charge in [-0.3, -0.25) is 14.5 Å². The van der Waals surface area contributed by atoms with Crippen molar-refractivity contribution in [3.8, 4) is 0 Å². The molecule has 0 aliphatic carbocycles. The average molecular weight is 488 g/mol. The number of fused-ring (bicyclic) bond motifs is 1. The number of aromatic nitrogens is 3. The van der Waals surface area contributed by atoms with Gasteiger partial charge in [-0.2, -0.15) is 0 Å². The molecule has 1 N–H and O–H groups in total. The van der Waals surface area contributed by atoms with Crippen molar-refractivity contribution in [2.24, 2.45) is 5.92 Å². The van der Waals surface area contributed by atoms with Crippen LogP contribution in [-0.4, -0.2) is 33.4 Å². The molecule has 188 valence electrons. The number of benzene rings is 2. The molecule has 0 aliphatic rings. The summed E-state index contributed by atoms with van der Waals surface area (Å²) in [5, 5.41) is 11.4. The second-order valence-corrected chi connectivity index (χ2v) is 9.64. The van der Waals surface area contributed by atoms with Gasteiger partial charge in [0.25, 0.3) is 5.91 Å². The molecule has 0 saturated heterocycles. The molecule has 0 unspecified atom stereocenters. The number of aryl methyl sites for hydroxylation is 3. The molecule has 2 aromatic carbocycles. The Kier molecular flexibility index (Phi) is 7.52. The molecule has 2 amide bonds. The normalized spacial score (nSPS) is 12.2. The van der Waals surface area contributed by atoms with Crippen LogP contribution in [0.2, 0.25) is 0 Å². The summed E-state index contributed by atoms with van der Waals surface area (Å²) in [4.78, 5) is 29.3. The third-order valence-corrected chi connectivity index (χ3v) is 6.19. The fourth-order valence-corrected chi connectivity index (χ4v) is 4.59. The van der Waals surface area contributed by atoms with Crippen LogP contribution in [0.15, 0.2) is 59.2 Å². The largest absolute Gasteiger partial charge is 0.467 e. The van der Waals surface area contributed by atoms with Crippen molar-refractivity contribution in [1.29, 1.82) is 0 Å². The van der Waals surface area contributed by atoms with E-state index in [1.165, 1.54) is 6.26 Å². The highest BCUT2D eigenvalue weighted by Gasteiger charge is 2.36. The van der Waals surface area contributed by atoms with E-state index in [0.29, 0.717) is 29.4 Å². The Labute approximate surface area is 211 Å². The Morgan fingerprint density at radius 3 is 2.44 bits per heavy atom. The molecular formula is C28H33N5O3. The zero-order valence-corrected chi connectivity index (χ0v) is 21.5. The van der Waals surface area contributed by atoms with E-state index in [1.54, 1.807) is 21.7 Å². The number of carbonyl (C=O) groups excluding carboxylic acids is 2. The number of nitrogens with zero attached hydrogens (tertiary/aromatic N) is 4. The number of rotatable bonds is 9. The maximum Gasteiger partial charge on any atom is 0.251 e. The van der Waals surface area contributed by atoms with E-state index in [0.717, 1.165) is 28.6 Å². The second-order valence-electron chi connectivity index (χ2n) is 9.64. The molecular weight excluding hydrogens is 454 g/mol. The highest BCUT2D eigenvalue weighted by Crippen LogP contribution is 2.34. The molecule has 2 heterocycles. The maximum absolute atomic E-state index is 14.1. The molecule has 0 spiro atoms. The lowest BCUT2D eigenvalue weighted by Gasteiger charge is -2.32. The molecule has 0 radical (unpaired) electrons. The van der Waals surface area contributed by atoms with Gasteiger partial charge in [-0.05, 0) is 68.5 Å². The summed E-state index contributed by atoms with van der Waals surface area (Å²) in [6.07, 6.45) is 2.35. The van der Waals surface area contributed by atoms with Crippen LogP contribution in [0, 0.1) is 26.7 Å². The van der Waals surface area contributed by atoms with Crippen LogP contribution in [0.4, 0.5) is 5.69 Å². The maximum atomic E-state index is 14.1. The minimum Gasteiger partial charge on any atom is -0.467 e. The van der Waals surface area contributed by atoms with E-state index in [1.807, 2.05) is 57.2 Å². The summed E-state index contributed by atoms with van der Waals surface area (Å²) in [7, 11) is 0. The van der Waals surface area contributed by atoms with E-state index in [2.05, 4.69) is 29.5 Å². The minimum absolute atomic E-state index is 0.0796. The predicted octanol–water partition coefficient (Wildman–Crippen LogP) is 4.89. The third-order valence-electron chi connectivity index (χ3n) is 6.19. The van der Waals surface area contributed by atoms with Crippen LogP contribution in [0.3, 0.4) is 0 Å². The van der Waals surface area contributed by atoms with Gasteiger partial charge in [0.2, 0.25) is 5.91 Å². The monoisotopic (exact) mass is 487 g/mol. The van der Waals surface area contributed by atoms with Crippen LogP contribution in [0.5, 0.6) is 0 Å². The Morgan fingerprint density at radius 1 is 1.06 bits per heavy atom. The Morgan fingerprint density at radius 2 is 1.78 bits per heavy atom. The van der Waals surface area contributed by atoms with Crippen molar-refractivity contribution >= 4 is 28.5 Å². The van der Waals surface area contributed by atoms with E-state index >= 15 is 0 Å². The van der Waals surface area contributed by atoms with Crippen LogP contribution < -0.4 is 10.2 Å². The number of amides is 2. The lowest BCUT2D eigenvalue weighted by molar-refractivity contribution is -0.127. The molecule has 2 aromatic heterocycles.